The molecule has 88 valence electrons. The van der Waals surface area contributed by atoms with Crippen LogP contribution in [0.25, 0.3) is 0 Å². The monoisotopic (exact) mass is 233 g/mol. The summed E-state index contributed by atoms with van der Waals surface area (Å²) in [5.74, 6) is -3.59. The molecule has 0 amide bonds. The van der Waals surface area contributed by atoms with Crippen molar-refractivity contribution in [3.05, 3.63) is 22.7 Å². The highest BCUT2D eigenvalue weighted by atomic mass is 19.3. The Balaban J connectivity index is 2.42. The summed E-state index contributed by atoms with van der Waals surface area (Å²) >= 11 is 0. The second kappa shape index (κ2) is 3.49. The van der Waals surface area contributed by atoms with E-state index < -0.39 is 30.6 Å². The maximum atomic E-state index is 13.4. The van der Waals surface area contributed by atoms with Crippen molar-refractivity contribution in [1.29, 1.82) is 0 Å². The van der Waals surface area contributed by atoms with E-state index in [1.807, 2.05) is 0 Å². The van der Waals surface area contributed by atoms with E-state index in [4.69, 9.17) is 10.8 Å². The third-order valence-electron chi connectivity index (χ3n) is 2.29. The molecule has 2 rings (SSSR count). The molecule has 6 nitrogen and oxygen atoms in total. The van der Waals surface area contributed by atoms with Gasteiger partial charge in [-0.05, 0) is 6.07 Å². The molecule has 0 aromatic carbocycles. The molecular weight excluding hydrogens is 224 g/mol. The first-order valence-corrected chi connectivity index (χ1v) is 4.45. The van der Waals surface area contributed by atoms with Crippen LogP contribution in [0.3, 0.4) is 0 Å². The van der Waals surface area contributed by atoms with Gasteiger partial charge in [0.1, 0.15) is 11.9 Å². The van der Waals surface area contributed by atoms with Crippen molar-refractivity contribution in [1.82, 2.24) is 9.55 Å². The zero-order valence-corrected chi connectivity index (χ0v) is 8.01. The quantitative estimate of drug-likeness (QED) is 0.672. The van der Waals surface area contributed by atoms with E-state index in [-0.39, 0.29) is 5.82 Å². The van der Waals surface area contributed by atoms with Gasteiger partial charge >= 0.3 is 11.6 Å². The van der Waals surface area contributed by atoms with Crippen LogP contribution in [0.4, 0.5) is 14.6 Å². The molecule has 16 heavy (non-hydrogen) atoms. The van der Waals surface area contributed by atoms with Crippen molar-refractivity contribution < 1.29 is 18.6 Å². The summed E-state index contributed by atoms with van der Waals surface area (Å²) in [7, 11) is 0. The van der Waals surface area contributed by atoms with Gasteiger partial charge in [-0.3, -0.25) is 4.57 Å². The van der Waals surface area contributed by atoms with E-state index in [9.17, 15) is 13.6 Å². The zero-order valence-electron chi connectivity index (χ0n) is 8.01. The molecule has 0 aliphatic carbocycles. The highest BCUT2D eigenvalue weighted by molar-refractivity contribution is 5.23. The fourth-order valence-corrected chi connectivity index (χ4v) is 1.44. The lowest BCUT2D eigenvalue weighted by molar-refractivity contribution is -0.140. The summed E-state index contributed by atoms with van der Waals surface area (Å²) in [4.78, 5) is 14.6. The van der Waals surface area contributed by atoms with E-state index in [0.29, 0.717) is 4.57 Å². The van der Waals surface area contributed by atoms with Gasteiger partial charge < -0.3 is 15.6 Å². The summed E-state index contributed by atoms with van der Waals surface area (Å²) in [5.41, 5.74) is 4.27. The minimum Gasteiger partial charge on any atom is -0.384 e. The number of rotatable bonds is 1. The Kier molecular flexibility index (Phi) is 2.39. The van der Waals surface area contributed by atoms with Crippen LogP contribution in [0.1, 0.15) is 6.23 Å². The average molecular weight is 233 g/mol. The van der Waals surface area contributed by atoms with Crippen LogP contribution >= 0.6 is 0 Å². The molecule has 0 spiro atoms. The maximum absolute atomic E-state index is 13.4. The number of alkyl halides is 2. The van der Waals surface area contributed by atoms with Crippen molar-refractivity contribution in [2.45, 2.75) is 18.3 Å². The van der Waals surface area contributed by atoms with Gasteiger partial charge in [-0.1, -0.05) is 0 Å². The Morgan fingerprint density at radius 1 is 1.69 bits per heavy atom. The predicted octanol–water partition coefficient (Wildman–Crippen LogP) is -0.649. The van der Waals surface area contributed by atoms with Crippen LogP contribution in [0.5, 0.6) is 0 Å². The molecule has 1 aliphatic rings. The number of aromatic nitrogens is 2. The zero-order chi connectivity index (χ0) is 11.9. The van der Waals surface area contributed by atoms with Gasteiger partial charge in [-0.25, -0.2) is 4.79 Å². The van der Waals surface area contributed by atoms with E-state index in [2.05, 4.69) is 9.72 Å². The minimum absolute atomic E-state index is 0.0666. The predicted molar refractivity (Wildman–Crippen MR) is 48.9 cm³/mol. The Labute approximate surface area is 88.3 Å². The number of nitrogens with two attached hydrogens (primary N) is 1. The number of halogens is 2. The first-order valence-electron chi connectivity index (χ1n) is 4.45. The van der Waals surface area contributed by atoms with Gasteiger partial charge in [-0.2, -0.15) is 13.8 Å². The summed E-state index contributed by atoms with van der Waals surface area (Å²) in [5, 5.41) is 9.00. The molecule has 1 aliphatic heterocycles. The SMILES string of the molecule is Nc1ccn([C@@H]2OC[C@@H](O)C2(F)F)c(=O)n1. The molecule has 0 unspecified atom stereocenters. The van der Waals surface area contributed by atoms with Crippen molar-refractivity contribution in [2.24, 2.45) is 0 Å². The van der Waals surface area contributed by atoms with E-state index in [0.717, 1.165) is 6.20 Å². The summed E-state index contributed by atoms with van der Waals surface area (Å²) in [6.07, 6.45) is -2.72. The van der Waals surface area contributed by atoms with Gasteiger partial charge in [0.25, 0.3) is 0 Å². The van der Waals surface area contributed by atoms with Gasteiger partial charge in [0, 0.05) is 6.20 Å². The summed E-state index contributed by atoms with van der Waals surface area (Å²) in [6.45, 7) is -0.533. The first kappa shape index (κ1) is 11.0. The van der Waals surface area contributed by atoms with Crippen LogP contribution in [-0.4, -0.2) is 33.3 Å². The molecule has 0 saturated carbocycles. The van der Waals surface area contributed by atoms with Gasteiger partial charge in [0.15, 0.2) is 0 Å². The lowest BCUT2D eigenvalue weighted by Crippen LogP contribution is -2.40. The molecule has 1 aromatic heterocycles. The highest BCUT2D eigenvalue weighted by Gasteiger charge is 2.54. The average Bonchev–Trinajstić information content (AvgIpc) is 2.44. The highest BCUT2D eigenvalue weighted by Crippen LogP contribution is 2.38. The molecule has 0 radical (unpaired) electrons. The Bertz CT molecular complexity index is 462. The van der Waals surface area contributed by atoms with Crippen LogP contribution in [0.2, 0.25) is 0 Å². The van der Waals surface area contributed by atoms with Crippen LogP contribution in [0, 0.1) is 0 Å². The van der Waals surface area contributed by atoms with Crippen LogP contribution < -0.4 is 11.4 Å². The second-order valence-electron chi connectivity index (χ2n) is 3.42. The molecule has 2 heterocycles. The molecular formula is C8H9F2N3O3. The molecule has 3 N–H and O–H groups in total. The number of nitrogens with zero attached hydrogens (tertiary/aromatic N) is 2. The Morgan fingerprint density at radius 3 is 2.88 bits per heavy atom. The number of aliphatic hydroxyl groups excluding tert-OH is 1. The van der Waals surface area contributed by atoms with Crippen molar-refractivity contribution >= 4 is 5.82 Å². The summed E-state index contributed by atoms with van der Waals surface area (Å²) < 4.78 is 32.0. The standard InChI is InChI=1S/C8H9F2N3O3/c9-8(10)4(14)3-16-6(8)13-2-1-5(11)12-7(13)15/h1-2,4,6,14H,3H2,(H2,11,12,15)/t4-,6-/m1/s1. The molecule has 1 saturated heterocycles. The fraction of sp³-hybridized carbons (Fsp3) is 0.500. The summed E-state index contributed by atoms with van der Waals surface area (Å²) in [6, 6.07) is 1.20. The maximum Gasteiger partial charge on any atom is 0.351 e. The van der Waals surface area contributed by atoms with E-state index >= 15 is 0 Å². The molecule has 1 fully saturated rings. The lowest BCUT2D eigenvalue weighted by Gasteiger charge is -2.20. The van der Waals surface area contributed by atoms with Crippen LogP contribution in [-0.2, 0) is 4.74 Å². The molecule has 1 aromatic rings. The van der Waals surface area contributed by atoms with Crippen LogP contribution in [0.15, 0.2) is 17.1 Å². The number of nitrogen functional groups attached to an aromatic ring is 1. The van der Waals surface area contributed by atoms with Crippen molar-refractivity contribution in [3.8, 4) is 0 Å². The third-order valence-corrected chi connectivity index (χ3v) is 2.29. The fourth-order valence-electron chi connectivity index (χ4n) is 1.44. The number of ether oxygens (including phenoxy) is 1. The lowest BCUT2D eigenvalue weighted by atomic mass is 10.2. The van der Waals surface area contributed by atoms with Gasteiger partial charge in [0.05, 0.1) is 6.61 Å². The van der Waals surface area contributed by atoms with E-state index in [1.165, 1.54) is 6.07 Å². The molecule has 0 bridgehead atoms. The smallest absolute Gasteiger partial charge is 0.351 e. The van der Waals surface area contributed by atoms with E-state index in [1.54, 1.807) is 0 Å². The number of hydrogen-bond donors (Lipinski definition) is 2. The van der Waals surface area contributed by atoms with Gasteiger partial charge in [0.2, 0.25) is 6.23 Å². The topological polar surface area (TPSA) is 90.4 Å². The second-order valence-corrected chi connectivity index (χ2v) is 3.42. The van der Waals surface area contributed by atoms with Gasteiger partial charge in [-0.15, -0.1) is 0 Å². The Hall–Kier alpha value is -1.54. The molecule has 8 heteroatoms. The normalized spacial score (nSPS) is 28.2. The molecule has 2 atom stereocenters. The number of aliphatic hydroxyl groups is 1. The van der Waals surface area contributed by atoms with Crippen molar-refractivity contribution in [2.75, 3.05) is 12.3 Å². The first-order chi connectivity index (χ1) is 7.43. The van der Waals surface area contributed by atoms with Crippen molar-refractivity contribution in [3.63, 3.8) is 0 Å². The third kappa shape index (κ3) is 1.55. The Morgan fingerprint density at radius 2 is 2.38 bits per heavy atom. The number of hydrogen-bond acceptors (Lipinski definition) is 5. The minimum atomic E-state index is -3.53. The largest absolute Gasteiger partial charge is 0.384 e. The number of anilines is 1.